The van der Waals surface area contributed by atoms with Crippen molar-refractivity contribution in [2.75, 3.05) is 17.3 Å². The molecule has 0 spiro atoms. The molecular weight excluding hydrogens is 296 g/mol. The van der Waals surface area contributed by atoms with Crippen LogP contribution in [0.3, 0.4) is 0 Å². The van der Waals surface area contributed by atoms with Crippen LogP contribution in [0.15, 0.2) is 30.3 Å². The van der Waals surface area contributed by atoms with Gasteiger partial charge in [-0.25, -0.2) is 0 Å². The van der Waals surface area contributed by atoms with Crippen molar-refractivity contribution in [2.45, 2.75) is 45.1 Å². The molecule has 1 atom stereocenters. The van der Waals surface area contributed by atoms with E-state index in [1.54, 1.807) is 11.8 Å². The number of carbonyl (C=O) groups is 2. The fourth-order valence-electron chi connectivity index (χ4n) is 2.06. The highest BCUT2D eigenvalue weighted by Crippen LogP contribution is 2.09. The number of para-hydroxylation sites is 1. The second-order valence-electron chi connectivity index (χ2n) is 5.21. The minimum Gasteiger partial charge on any atom is -0.344 e. The zero-order chi connectivity index (χ0) is 16.2. The van der Waals surface area contributed by atoms with Crippen LogP contribution in [0, 0.1) is 0 Å². The molecule has 0 aliphatic heterocycles. The van der Waals surface area contributed by atoms with Crippen LogP contribution >= 0.6 is 11.8 Å². The Morgan fingerprint density at radius 3 is 2.55 bits per heavy atom. The van der Waals surface area contributed by atoms with Gasteiger partial charge in [0.2, 0.25) is 11.8 Å². The molecule has 1 aromatic carbocycles. The summed E-state index contributed by atoms with van der Waals surface area (Å²) in [6.07, 6.45) is 6.12. The van der Waals surface area contributed by atoms with Crippen molar-refractivity contribution in [3.8, 4) is 0 Å². The van der Waals surface area contributed by atoms with Crippen LogP contribution in [0.4, 0.5) is 5.69 Å². The standard InChI is InChI=1S/C17H26N2O2S/c1-3-4-6-11-16(20)19-15(12-13-22-2)17(21)18-14-9-7-5-8-10-14/h5,7-10,15H,3-4,6,11-13H2,1-2H3,(H,18,21)(H,19,20)/t15-/m0/s1. The molecule has 0 saturated carbocycles. The molecule has 0 bridgehead atoms. The fourth-order valence-corrected chi connectivity index (χ4v) is 2.53. The average molecular weight is 322 g/mol. The summed E-state index contributed by atoms with van der Waals surface area (Å²) in [6, 6.07) is 8.85. The topological polar surface area (TPSA) is 58.2 Å². The van der Waals surface area contributed by atoms with E-state index < -0.39 is 6.04 Å². The molecule has 122 valence electrons. The second kappa shape index (κ2) is 11.1. The van der Waals surface area contributed by atoms with E-state index in [4.69, 9.17) is 0 Å². The van der Waals surface area contributed by atoms with E-state index in [0.29, 0.717) is 12.8 Å². The summed E-state index contributed by atoms with van der Waals surface area (Å²) in [5, 5.41) is 5.73. The number of hydrogen-bond donors (Lipinski definition) is 2. The summed E-state index contributed by atoms with van der Waals surface area (Å²) in [7, 11) is 0. The van der Waals surface area contributed by atoms with E-state index in [9.17, 15) is 9.59 Å². The highest BCUT2D eigenvalue weighted by Gasteiger charge is 2.20. The first-order valence-corrected chi connectivity index (χ1v) is 9.21. The second-order valence-corrected chi connectivity index (χ2v) is 6.20. The minimum atomic E-state index is -0.471. The van der Waals surface area contributed by atoms with Gasteiger partial charge in [-0.3, -0.25) is 9.59 Å². The Labute approximate surface area is 137 Å². The van der Waals surface area contributed by atoms with Gasteiger partial charge in [0.15, 0.2) is 0 Å². The summed E-state index contributed by atoms with van der Waals surface area (Å²) in [5.41, 5.74) is 0.752. The van der Waals surface area contributed by atoms with Crippen LogP contribution in [-0.4, -0.2) is 29.9 Å². The SMILES string of the molecule is CCCCCC(=O)N[C@@H](CCSC)C(=O)Nc1ccccc1. The number of nitrogens with one attached hydrogen (secondary N) is 2. The molecule has 0 heterocycles. The van der Waals surface area contributed by atoms with E-state index in [1.165, 1.54) is 0 Å². The molecular formula is C17H26N2O2S. The molecule has 0 aliphatic rings. The van der Waals surface area contributed by atoms with Crippen molar-refractivity contribution in [1.82, 2.24) is 5.32 Å². The highest BCUT2D eigenvalue weighted by molar-refractivity contribution is 7.98. The number of unbranched alkanes of at least 4 members (excludes halogenated alkanes) is 2. The number of carbonyl (C=O) groups excluding carboxylic acids is 2. The molecule has 5 heteroatoms. The zero-order valence-corrected chi connectivity index (χ0v) is 14.2. The maximum atomic E-state index is 12.3. The van der Waals surface area contributed by atoms with Gasteiger partial charge in [0, 0.05) is 12.1 Å². The molecule has 0 aromatic heterocycles. The Morgan fingerprint density at radius 1 is 1.18 bits per heavy atom. The van der Waals surface area contributed by atoms with Crippen LogP contribution in [0.25, 0.3) is 0 Å². The fraction of sp³-hybridized carbons (Fsp3) is 0.529. The van der Waals surface area contributed by atoms with Gasteiger partial charge >= 0.3 is 0 Å². The smallest absolute Gasteiger partial charge is 0.246 e. The predicted molar refractivity (Wildman–Crippen MR) is 94.1 cm³/mol. The van der Waals surface area contributed by atoms with Crippen LogP contribution in [-0.2, 0) is 9.59 Å². The molecule has 2 N–H and O–H groups in total. The van der Waals surface area contributed by atoms with Crippen LogP contribution in [0.1, 0.15) is 39.0 Å². The third-order valence-corrected chi connectivity index (χ3v) is 3.96. The largest absolute Gasteiger partial charge is 0.344 e. The lowest BCUT2D eigenvalue weighted by Gasteiger charge is -2.18. The maximum absolute atomic E-state index is 12.3. The molecule has 0 unspecified atom stereocenters. The van der Waals surface area contributed by atoms with Crippen LogP contribution in [0.5, 0.6) is 0 Å². The predicted octanol–water partition coefficient (Wildman–Crippen LogP) is 3.44. The minimum absolute atomic E-state index is 0.0391. The Kier molecular flexibility index (Phi) is 9.39. The third-order valence-electron chi connectivity index (χ3n) is 3.31. The van der Waals surface area contributed by atoms with Crippen molar-refractivity contribution in [3.05, 3.63) is 30.3 Å². The number of benzene rings is 1. The van der Waals surface area contributed by atoms with Crippen molar-refractivity contribution >= 4 is 29.3 Å². The summed E-state index contributed by atoms with van der Waals surface area (Å²) in [6.45, 7) is 2.10. The first-order valence-electron chi connectivity index (χ1n) is 7.81. The lowest BCUT2D eigenvalue weighted by atomic mass is 10.1. The van der Waals surface area contributed by atoms with E-state index in [0.717, 1.165) is 30.7 Å². The molecule has 2 amide bonds. The van der Waals surface area contributed by atoms with Gasteiger partial charge in [-0.15, -0.1) is 0 Å². The number of amides is 2. The highest BCUT2D eigenvalue weighted by atomic mass is 32.2. The molecule has 0 fully saturated rings. The number of thioether (sulfide) groups is 1. The average Bonchev–Trinajstić information content (AvgIpc) is 2.52. The number of rotatable bonds is 10. The third kappa shape index (κ3) is 7.50. The molecule has 1 rings (SSSR count). The molecule has 0 saturated heterocycles. The molecule has 0 radical (unpaired) electrons. The van der Waals surface area contributed by atoms with Crippen molar-refractivity contribution < 1.29 is 9.59 Å². The van der Waals surface area contributed by atoms with Gasteiger partial charge in [0.1, 0.15) is 6.04 Å². The summed E-state index contributed by atoms with van der Waals surface area (Å²) < 4.78 is 0. The van der Waals surface area contributed by atoms with Crippen molar-refractivity contribution in [3.63, 3.8) is 0 Å². The molecule has 0 aliphatic carbocycles. The zero-order valence-electron chi connectivity index (χ0n) is 13.4. The quantitative estimate of drug-likeness (QED) is 0.649. The lowest BCUT2D eigenvalue weighted by Crippen LogP contribution is -2.44. The van der Waals surface area contributed by atoms with E-state index in [1.807, 2.05) is 36.6 Å². The van der Waals surface area contributed by atoms with E-state index >= 15 is 0 Å². The Hall–Kier alpha value is -1.49. The van der Waals surface area contributed by atoms with E-state index in [-0.39, 0.29) is 11.8 Å². The lowest BCUT2D eigenvalue weighted by molar-refractivity contribution is -0.126. The first-order chi connectivity index (χ1) is 10.7. The van der Waals surface area contributed by atoms with Crippen LogP contribution in [0.2, 0.25) is 0 Å². The monoisotopic (exact) mass is 322 g/mol. The summed E-state index contributed by atoms with van der Waals surface area (Å²) in [4.78, 5) is 24.3. The first kappa shape index (κ1) is 18.6. The van der Waals surface area contributed by atoms with Crippen LogP contribution < -0.4 is 10.6 Å². The summed E-state index contributed by atoms with van der Waals surface area (Å²) >= 11 is 1.67. The van der Waals surface area contributed by atoms with Crippen molar-refractivity contribution in [2.24, 2.45) is 0 Å². The van der Waals surface area contributed by atoms with Gasteiger partial charge in [0.05, 0.1) is 0 Å². The normalized spacial score (nSPS) is 11.7. The Morgan fingerprint density at radius 2 is 1.91 bits per heavy atom. The van der Waals surface area contributed by atoms with Gasteiger partial charge in [0.25, 0.3) is 0 Å². The van der Waals surface area contributed by atoms with Gasteiger partial charge in [-0.1, -0.05) is 38.0 Å². The maximum Gasteiger partial charge on any atom is 0.246 e. The Bertz CT molecular complexity index is 451. The molecule has 1 aromatic rings. The van der Waals surface area contributed by atoms with E-state index in [2.05, 4.69) is 17.6 Å². The summed E-state index contributed by atoms with van der Waals surface area (Å²) in [5.74, 6) is 0.647. The Balaban J connectivity index is 2.54. The van der Waals surface area contributed by atoms with Gasteiger partial charge in [-0.05, 0) is 37.0 Å². The van der Waals surface area contributed by atoms with Gasteiger partial charge < -0.3 is 10.6 Å². The number of anilines is 1. The molecule has 22 heavy (non-hydrogen) atoms. The van der Waals surface area contributed by atoms with Gasteiger partial charge in [-0.2, -0.15) is 11.8 Å². The number of hydrogen-bond acceptors (Lipinski definition) is 3. The van der Waals surface area contributed by atoms with Crippen molar-refractivity contribution in [1.29, 1.82) is 0 Å². The molecule has 4 nitrogen and oxygen atoms in total.